The largest absolute Gasteiger partial charge is 0.468 e. The van der Waals surface area contributed by atoms with Gasteiger partial charge >= 0.3 is 5.97 Å². The number of nitrogens with two attached hydrogens (primary N) is 1. The molecular weight excluding hydrogens is 190 g/mol. The average molecular weight is 208 g/mol. The van der Waals surface area contributed by atoms with Gasteiger partial charge in [-0.2, -0.15) is 0 Å². The van der Waals surface area contributed by atoms with Gasteiger partial charge in [0.25, 0.3) is 0 Å². The maximum Gasteiger partial charge on any atom is 0.325 e. The van der Waals surface area contributed by atoms with Crippen molar-refractivity contribution in [2.45, 2.75) is 38.1 Å². The van der Waals surface area contributed by atoms with Crippen LogP contribution in [0.25, 0.3) is 0 Å². The van der Waals surface area contributed by atoms with Gasteiger partial charge in [-0.3, -0.25) is 4.79 Å². The van der Waals surface area contributed by atoms with Crippen LogP contribution >= 0.6 is 12.4 Å². The quantitative estimate of drug-likeness (QED) is 0.663. The summed E-state index contributed by atoms with van der Waals surface area (Å²) in [4.78, 5) is 11.3. The molecule has 0 spiro atoms. The maximum atomic E-state index is 11.3. The predicted octanol–water partition coefficient (Wildman–Crippen LogP) is 1.49. The lowest BCUT2D eigenvalue weighted by Gasteiger charge is -2.33. The van der Waals surface area contributed by atoms with E-state index in [2.05, 4.69) is 11.7 Å². The van der Waals surface area contributed by atoms with Gasteiger partial charge in [0.1, 0.15) is 5.54 Å². The van der Waals surface area contributed by atoms with Crippen LogP contribution in [0.3, 0.4) is 0 Å². The van der Waals surface area contributed by atoms with E-state index in [0.29, 0.717) is 5.92 Å². The number of hydrogen-bond donors (Lipinski definition) is 1. The zero-order chi connectivity index (χ0) is 9.19. The Balaban J connectivity index is 0.00000144. The van der Waals surface area contributed by atoms with Crippen molar-refractivity contribution in [2.24, 2.45) is 11.7 Å². The molecule has 2 N–H and O–H groups in total. The Bertz CT molecular complexity index is 186. The lowest BCUT2D eigenvalue weighted by Crippen LogP contribution is -2.51. The number of esters is 1. The van der Waals surface area contributed by atoms with Gasteiger partial charge < -0.3 is 10.5 Å². The van der Waals surface area contributed by atoms with E-state index in [9.17, 15) is 4.79 Å². The standard InChI is InChI=1S/C9H17NO2.ClH/c1-7-4-3-5-9(10,6-7)8(11)12-2;/h7H,3-6,10H2,1-2H3;1H. The molecule has 0 amide bonds. The van der Waals surface area contributed by atoms with Crippen molar-refractivity contribution in [3.05, 3.63) is 0 Å². The van der Waals surface area contributed by atoms with Crippen LogP contribution < -0.4 is 5.73 Å². The molecule has 0 saturated heterocycles. The van der Waals surface area contributed by atoms with E-state index in [-0.39, 0.29) is 18.4 Å². The third kappa shape index (κ3) is 2.85. The summed E-state index contributed by atoms with van der Waals surface area (Å²) in [7, 11) is 1.40. The Hall–Kier alpha value is -0.280. The molecule has 2 atom stereocenters. The first-order chi connectivity index (χ1) is 5.58. The third-order valence-corrected chi connectivity index (χ3v) is 2.62. The molecule has 0 aliphatic heterocycles. The molecule has 1 rings (SSSR count). The number of rotatable bonds is 1. The summed E-state index contributed by atoms with van der Waals surface area (Å²) in [6.07, 6.45) is 3.74. The van der Waals surface area contributed by atoms with Gasteiger partial charge in [-0.1, -0.05) is 19.8 Å². The van der Waals surface area contributed by atoms with Crippen molar-refractivity contribution in [1.29, 1.82) is 0 Å². The highest BCUT2D eigenvalue weighted by molar-refractivity contribution is 5.85. The van der Waals surface area contributed by atoms with Gasteiger partial charge in [-0.15, -0.1) is 12.4 Å². The molecule has 0 aromatic heterocycles. The van der Waals surface area contributed by atoms with Crippen LogP contribution in [-0.4, -0.2) is 18.6 Å². The van der Waals surface area contributed by atoms with Crippen molar-refractivity contribution >= 4 is 18.4 Å². The lowest BCUT2D eigenvalue weighted by molar-refractivity contribution is -0.149. The molecule has 3 nitrogen and oxygen atoms in total. The number of ether oxygens (including phenoxy) is 1. The molecule has 78 valence electrons. The molecule has 1 fully saturated rings. The van der Waals surface area contributed by atoms with Gasteiger partial charge in [-0.25, -0.2) is 0 Å². The number of carbonyl (C=O) groups is 1. The smallest absolute Gasteiger partial charge is 0.325 e. The summed E-state index contributed by atoms with van der Waals surface area (Å²) in [5.41, 5.74) is 5.23. The Labute approximate surface area is 85.4 Å². The van der Waals surface area contributed by atoms with E-state index in [1.807, 2.05) is 0 Å². The summed E-state index contributed by atoms with van der Waals surface area (Å²) >= 11 is 0. The van der Waals surface area contributed by atoms with Gasteiger partial charge in [0.15, 0.2) is 0 Å². The fourth-order valence-electron chi connectivity index (χ4n) is 1.98. The van der Waals surface area contributed by atoms with Crippen LogP contribution in [0, 0.1) is 5.92 Å². The summed E-state index contributed by atoms with van der Waals surface area (Å²) in [6.45, 7) is 2.13. The van der Waals surface area contributed by atoms with Crippen LogP contribution in [0.2, 0.25) is 0 Å². The summed E-state index contributed by atoms with van der Waals surface area (Å²) < 4.78 is 4.68. The molecule has 2 unspecified atom stereocenters. The second kappa shape index (κ2) is 4.82. The monoisotopic (exact) mass is 207 g/mol. The molecular formula is C9H18ClNO2. The average Bonchev–Trinajstić information content (AvgIpc) is 2.02. The van der Waals surface area contributed by atoms with E-state index in [4.69, 9.17) is 5.73 Å². The van der Waals surface area contributed by atoms with Crippen LogP contribution in [-0.2, 0) is 9.53 Å². The van der Waals surface area contributed by atoms with Gasteiger partial charge in [0, 0.05) is 0 Å². The van der Waals surface area contributed by atoms with Gasteiger partial charge in [0.2, 0.25) is 0 Å². The van der Waals surface area contributed by atoms with Crippen LogP contribution in [0.4, 0.5) is 0 Å². The number of hydrogen-bond acceptors (Lipinski definition) is 3. The molecule has 1 saturated carbocycles. The van der Waals surface area contributed by atoms with Crippen molar-refractivity contribution in [1.82, 2.24) is 0 Å². The number of methoxy groups -OCH3 is 1. The molecule has 1 aliphatic carbocycles. The topological polar surface area (TPSA) is 52.3 Å². The van der Waals surface area contributed by atoms with Gasteiger partial charge in [0.05, 0.1) is 7.11 Å². The van der Waals surface area contributed by atoms with E-state index >= 15 is 0 Å². The fraction of sp³-hybridized carbons (Fsp3) is 0.889. The first-order valence-electron chi connectivity index (χ1n) is 4.46. The maximum absolute atomic E-state index is 11.3. The van der Waals surface area contributed by atoms with Crippen molar-refractivity contribution < 1.29 is 9.53 Å². The SMILES string of the molecule is COC(=O)C1(N)CCCC(C)C1.Cl. The first-order valence-corrected chi connectivity index (χ1v) is 4.46. The minimum absolute atomic E-state index is 0. The molecule has 0 aromatic carbocycles. The van der Waals surface area contributed by atoms with E-state index < -0.39 is 5.54 Å². The van der Waals surface area contributed by atoms with Crippen molar-refractivity contribution in [2.75, 3.05) is 7.11 Å². The minimum atomic E-state index is -0.702. The fourth-order valence-corrected chi connectivity index (χ4v) is 1.98. The van der Waals surface area contributed by atoms with Crippen molar-refractivity contribution in [3.8, 4) is 0 Å². The van der Waals surface area contributed by atoms with Crippen LogP contribution in [0.15, 0.2) is 0 Å². The predicted molar refractivity (Wildman–Crippen MR) is 53.8 cm³/mol. The zero-order valence-electron chi connectivity index (χ0n) is 8.21. The summed E-state index contributed by atoms with van der Waals surface area (Å²) in [5, 5.41) is 0. The van der Waals surface area contributed by atoms with Crippen LogP contribution in [0.5, 0.6) is 0 Å². The minimum Gasteiger partial charge on any atom is -0.468 e. The highest BCUT2D eigenvalue weighted by Crippen LogP contribution is 2.30. The van der Waals surface area contributed by atoms with E-state index in [0.717, 1.165) is 19.3 Å². The molecule has 0 radical (unpaired) electrons. The summed E-state index contributed by atoms with van der Waals surface area (Å²) in [5.74, 6) is 0.289. The van der Waals surface area contributed by atoms with Gasteiger partial charge in [-0.05, 0) is 18.8 Å². The normalized spacial score (nSPS) is 33.3. The molecule has 0 heterocycles. The molecule has 4 heteroatoms. The zero-order valence-corrected chi connectivity index (χ0v) is 9.02. The number of carbonyl (C=O) groups excluding carboxylic acids is 1. The third-order valence-electron chi connectivity index (χ3n) is 2.62. The highest BCUT2D eigenvalue weighted by Gasteiger charge is 2.38. The van der Waals surface area contributed by atoms with Crippen molar-refractivity contribution in [3.63, 3.8) is 0 Å². The number of halogens is 1. The Morgan fingerprint density at radius 1 is 1.62 bits per heavy atom. The molecule has 0 aromatic rings. The lowest BCUT2D eigenvalue weighted by atomic mass is 9.77. The van der Waals surface area contributed by atoms with E-state index in [1.165, 1.54) is 13.5 Å². The van der Waals surface area contributed by atoms with E-state index in [1.54, 1.807) is 0 Å². The Kier molecular flexibility index (Phi) is 4.71. The Morgan fingerprint density at radius 3 is 2.69 bits per heavy atom. The molecule has 13 heavy (non-hydrogen) atoms. The second-order valence-corrected chi connectivity index (χ2v) is 3.85. The highest BCUT2D eigenvalue weighted by atomic mass is 35.5. The van der Waals surface area contributed by atoms with Crippen LogP contribution in [0.1, 0.15) is 32.6 Å². The second-order valence-electron chi connectivity index (χ2n) is 3.85. The Morgan fingerprint density at radius 2 is 2.23 bits per heavy atom. The summed E-state index contributed by atoms with van der Waals surface area (Å²) in [6, 6.07) is 0. The molecule has 1 aliphatic rings. The first kappa shape index (κ1) is 12.7. The molecule has 0 bridgehead atoms.